The fourth-order valence-corrected chi connectivity index (χ4v) is 2.72. The molecule has 0 saturated carbocycles. The van der Waals surface area contributed by atoms with Crippen LogP contribution in [0.5, 0.6) is 0 Å². The topological polar surface area (TPSA) is 51.0 Å². The summed E-state index contributed by atoms with van der Waals surface area (Å²) in [5, 5.41) is 7.66. The second kappa shape index (κ2) is 5.14. The zero-order valence-electron chi connectivity index (χ0n) is 11.1. The lowest BCUT2D eigenvalue weighted by molar-refractivity contribution is 0.274. The van der Waals surface area contributed by atoms with E-state index in [1.165, 1.54) is 6.07 Å². The van der Waals surface area contributed by atoms with Gasteiger partial charge < -0.3 is 9.84 Å². The molecule has 1 N–H and O–H groups in total. The van der Waals surface area contributed by atoms with Crippen LogP contribution in [0, 0.1) is 5.82 Å². The van der Waals surface area contributed by atoms with Crippen molar-refractivity contribution in [1.29, 1.82) is 0 Å². The van der Waals surface area contributed by atoms with Crippen molar-refractivity contribution in [3.05, 3.63) is 46.3 Å². The average Bonchev–Trinajstić information content (AvgIpc) is 3.04. The molecule has 1 aromatic carbocycles. The zero-order valence-corrected chi connectivity index (χ0v) is 11.9. The lowest BCUT2D eigenvalue weighted by atomic mass is 10.0. The minimum Gasteiger partial charge on any atom is -0.337 e. The number of benzene rings is 1. The predicted molar refractivity (Wildman–Crippen MR) is 73.1 cm³/mol. The van der Waals surface area contributed by atoms with Gasteiger partial charge in [0.25, 0.3) is 0 Å². The Morgan fingerprint density at radius 1 is 1.50 bits per heavy atom. The van der Waals surface area contributed by atoms with E-state index >= 15 is 0 Å². The van der Waals surface area contributed by atoms with E-state index < -0.39 is 0 Å². The molecule has 1 fully saturated rings. The van der Waals surface area contributed by atoms with Crippen LogP contribution in [0.25, 0.3) is 0 Å². The Bertz CT molecular complexity index is 602. The molecule has 4 nitrogen and oxygen atoms in total. The maximum atomic E-state index is 13.7. The summed E-state index contributed by atoms with van der Waals surface area (Å²) in [6.45, 7) is 2.97. The van der Waals surface area contributed by atoms with Crippen molar-refractivity contribution in [1.82, 2.24) is 15.5 Å². The molecule has 0 amide bonds. The highest BCUT2D eigenvalue weighted by Crippen LogP contribution is 2.29. The number of hydrogen-bond donors (Lipinski definition) is 1. The van der Waals surface area contributed by atoms with Crippen molar-refractivity contribution < 1.29 is 8.91 Å². The van der Waals surface area contributed by atoms with Gasteiger partial charge in [-0.1, -0.05) is 22.8 Å². The molecular formula is C14H15ClFN3O. The Balaban J connectivity index is 1.84. The molecule has 0 bridgehead atoms. The molecule has 106 valence electrons. The first kappa shape index (κ1) is 13.5. The summed E-state index contributed by atoms with van der Waals surface area (Å²) in [5.41, 5.74) is 0.121. The van der Waals surface area contributed by atoms with Crippen LogP contribution in [0.4, 0.5) is 4.39 Å². The van der Waals surface area contributed by atoms with Crippen molar-refractivity contribution in [2.75, 3.05) is 6.54 Å². The molecule has 1 atom stereocenters. The largest absolute Gasteiger partial charge is 0.337 e. The molecule has 1 aromatic heterocycles. The molecular weight excluding hydrogens is 281 g/mol. The fourth-order valence-electron chi connectivity index (χ4n) is 2.49. The first-order chi connectivity index (χ1) is 9.58. The van der Waals surface area contributed by atoms with E-state index in [2.05, 4.69) is 15.5 Å². The molecule has 6 heteroatoms. The zero-order chi connectivity index (χ0) is 14.2. The lowest BCUT2D eigenvalue weighted by Gasteiger charge is -2.18. The number of nitrogens with one attached hydrogen (secondary N) is 1. The van der Waals surface area contributed by atoms with Gasteiger partial charge >= 0.3 is 0 Å². The maximum absolute atomic E-state index is 13.7. The quantitative estimate of drug-likeness (QED) is 0.945. The molecule has 0 spiro atoms. The normalized spacial score (nSPS) is 22.4. The Hall–Kier alpha value is -1.46. The summed E-state index contributed by atoms with van der Waals surface area (Å²) in [7, 11) is 0. The maximum Gasteiger partial charge on any atom is 0.246 e. The van der Waals surface area contributed by atoms with Crippen LogP contribution >= 0.6 is 11.6 Å². The number of nitrogens with zero attached hydrogens (tertiary/aromatic N) is 2. The van der Waals surface area contributed by atoms with Crippen LogP contribution < -0.4 is 5.32 Å². The molecule has 1 unspecified atom stereocenters. The lowest BCUT2D eigenvalue weighted by Crippen LogP contribution is -2.33. The number of halogens is 2. The van der Waals surface area contributed by atoms with Crippen LogP contribution in [0.15, 0.2) is 22.7 Å². The third-order valence-corrected chi connectivity index (χ3v) is 4.06. The number of hydrogen-bond acceptors (Lipinski definition) is 4. The van der Waals surface area contributed by atoms with Gasteiger partial charge in [-0.15, -0.1) is 0 Å². The molecule has 1 saturated heterocycles. The molecule has 3 rings (SSSR count). The standard InChI is InChI=1S/C14H15ClFN3O/c1-14(6-3-7-17-14)13-18-12(19-20-13)8-9-10(15)4-2-5-11(9)16/h2,4-5,17H,3,6-8H2,1H3. The van der Waals surface area contributed by atoms with Gasteiger partial charge in [0.2, 0.25) is 5.89 Å². The summed E-state index contributed by atoms with van der Waals surface area (Å²) in [6.07, 6.45) is 2.26. The van der Waals surface area contributed by atoms with Gasteiger partial charge in [0.15, 0.2) is 5.82 Å². The van der Waals surface area contributed by atoms with Gasteiger partial charge in [0.05, 0.1) is 5.54 Å². The molecule has 2 heterocycles. The van der Waals surface area contributed by atoms with Gasteiger partial charge in [-0.05, 0) is 38.4 Å². The second-order valence-electron chi connectivity index (χ2n) is 5.26. The third kappa shape index (κ3) is 2.43. The van der Waals surface area contributed by atoms with Crippen molar-refractivity contribution in [3.63, 3.8) is 0 Å². The SMILES string of the molecule is CC1(c2nc(Cc3c(F)cccc3Cl)no2)CCCN1. The molecule has 0 radical (unpaired) electrons. The van der Waals surface area contributed by atoms with Gasteiger partial charge in [0.1, 0.15) is 5.82 Å². The Kier molecular flexibility index (Phi) is 3.48. The fraction of sp³-hybridized carbons (Fsp3) is 0.429. The highest BCUT2D eigenvalue weighted by atomic mass is 35.5. The first-order valence-electron chi connectivity index (χ1n) is 6.59. The predicted octanol–water partition coefficient (Wildman–Crippen LogP) is 3.05. The molecule has 1 aliphatic heterocycles. The van der Waals surface area contributed by atoms with Gasteiger partial charge in [-0.25, -0.2) is 4.39 Å². The van der Waals surface area contributed by atoms with E-state index in [-0.39, 0.29) is 17.8 Å². The van der Waals surface area contributed by atoms with E-state index in [0.29, 0.717) is 22.3 Å². The van der Waals surface area contributed by atoms with E-state index in [0.717, 1.165) is 19.4 Å². The summed E-state index contributed by atoms with van der Waals surface area (Å²) < 4.78 is 19.1. The van der Waals surface area contributed by atoms with E-state index in [1.807, 2.05) is 6.92 Å². The summed E-state index contributed by atoms with van der Waals surface area (Å²) in [5.74, 6) is 0.647. The summed E-state index contributed by atoms with van der Waals surface area (Å²) in [6, 6.07) is 4.61. The van der Waals surface area contributed by atoms with Crippen LogP contribution in [0.2, 0.25) is 5.02 Å². The van der Waals surface area contributed by atoms with Gasteiger partial charge in [0, 0.05) is 17.0 Å². The Morgan fingerprint density at radius 3 is 3.05 bits per heavy atom. The molecule has 2 aromatic rings. The molecule has 0 aliphatic carbocycles. The highest BCUT2D eigenvalue weighted by Gasteiger charge is 2.35. The van der Waals surface area contributed by atoms with Crippen LogP contribution in [-0.2, 0) is 12.0 Å². The highest BCUT2D eigenvalue weighted by molar-refractivity contribution is 6.31. The Morgan fingerprint density at radius 2 is 2.35 bits per heavy atom. The molecule has 20 heavy (non-hydrogen) atoms. The minimum atomic E-state index is -0.353. The van der Waals surface area contributed by atoms with Crippen LogP contribution in [0.1, 0.15) is 37.0 Å². The van der Waals surface area contributed by atoms with E-state index in [9.17, 15) is 4.39 Å². The van der Waals surface area contributed by atoms with Crippen molar-refractivity contribution in [2.45, 2.75) is 31.7 Å². The third-order valence-electron chi connectivity index (χ3n) is 3.71. The summed E-state index contributed by atoms with van der Waals surface area (Å²) in [4.78, 5) is 4.38. The Labute approximate surface area is 121 Å². The number of aromatic nitrogens is 2. The first-order valence-corrected chi connectivity index (χ1v) is 6.97. The van der Waals surface area contributed by atoms with Crippen LogP contribution in [0.3, 0.4) is 0 Å². The number of rotatable bonds is 3. The van der Waals surface area contributed by atoms with Gasteiger partial charge in [-0.2, -0.15) is 4.98 Å². The van der Waals surface area contributed by atoms with Crippen molar-refractivity contribution in [3.8, 4) is 0 Å². The van der Waals surface area contributed by atoms with Crippen LogP contribution in [-0.4, -0.2) is 16.7 Å². The molecule has 1 aliphatic rings. The second-order valence-corrected chi connectivity index (χ2v) is 5.66. The van der Waals surface area contributed by atoms with E-state index in [1.54, 1.807) is 12.1 Å². The van der Waals surface area contributed by atoms with Crippen molar-refractivity contribution >= 4 is 11.6 Å². The van der Waals surface area contributed by atoms with E-state index in [4.69, 9.17) is 16.1 Å². The van der Waals surface area contributed by atoms with Crippen molar-refractivity contribution in [2.24, 2.45) is 0 Å². The minimum absolute atomic E-state index is 0.227. The monoisotopic (exact) mass is 295 g/mol. The van der Waals surface area contributed by atoms with Gasteiger partial charge in [-0.3, -0.25) is 0 Å². The summed E-state index contributed by atoms with van der Waals surface area (Å²) >= 11 is 6.00. The smallest absolute Gasteiger partial charge is 0.246 e. The average molecular weight is 296 g/mol.